The van der Waals surface area contributed by atoms with Crippen molar-refractivity contribution in [2.45, 2.75) is 49.6 Å². The molecule has 3 rings (SSSR count). The SMILES string of the molecule is NC(=O)c1cc(S(=O)(=O)NCCCN(Cc2ccco2)C2CCCC2)cs1. The fourth-order valence-corrected chi connectivity index (χ4v) is 5.62. The fraction of sp³-hybridized carbons (Fsp3) is 0.500. The number of carbonyl (C=O) groups excluding carboxylic acids is 1. The number of carbonyl (C=O) groups is 1. The van der Waals surface area contributed by atoms with Gasteiger partial charge in [-0.15, -0.1) is 11.3 Å². The Balaban J connectivity index is 1.52. The van der Waals surface area contributed by atoms with Crippen molar-refractivity contribution in [1.82, 2.24) is 9.62 Å². The molecule has 9 heteroatoms. The standard InChI is InChI=1S/C18H25N3O4S2/c19-18(22)17-11-16(13-26-17)27(23,24)20-8-4-9-21(14-5-1-2-6-14)12-15-7-3-10-25-15/h3,7,10-11,13-14,20H,1-2,4-6,8-9,12H2,(H2,19,22). The van der Waals surface area contributed by atoms with Crippen molar-refractivity contribution < 1.29 is 17.6 Å². The fourth-order valence-electron chi connectivity index (χ4n) is 3.42. The predicted molar refractivity (Wildman–Crippen MR) is 104 cm³/mol. The molecule has 2 aromatic rings. The molecule has 0 saturated heterocycles. The van der Waals surface area contributed by atoms with Gasteiger partial charge in [0.25, 0.3) is 5.91 Å². The molecule has 3 N–H and O–H groups in total. The molecule has 1 amide bonds. The maximum atomic E-state index is 12.3. The van der Waals surface area contributed by atoms with Crippen LogP contribution in [0.4, 0.5) is 0 Å². The van der Waals surface area contributed by atoms with E-state index in [9.17, 15) is 13.2 Å². The monoisotopic (exact) mass is 411 g/mol. The van der Waals surface area contributed by atoms with Crippen LogP contribution in [0.25, 0.3) is 0 Å². The van der Waals surface area contributed by atoms with E-state index in [1.54, 1.807) is 6.26 Å². The van der Waals surface area contributed by atoms with Gasteiger partial charge in [-0.25, -0.2) is 13.1 Å². The predicted octanol–water partition coefficient (Wildman–Crippen LogP) is 2.55. The molecule has 2 aromatic heterocycles. The molecule has 0 radical (unpaired) electrons. The summed E-state index contributed by atoms with van der Waals surface area (Å²) in [6.07, 6.45) is 7.22. The summed E-state index contributed by atoms with van der Waals surface area (Å²) in [6, 6.07) is 5.70. The van der Waals surface area contributed by atoms with Crippen LogP contribution in [-0.4, -0.2) is 38.4 Å². The first-order valence-electron chi connectivity index (χ1n) is 9.10. The molecular formula is C18H25N3O4S2. The number of nitrogens with one attached hydrogen (secondary N) is 1. The van der Waals surface area contributed by atoms with Crippen LogP contribution in [-0.2, 0) is 16.6 Å². The molecule has 0 bridgehead atoms. The molecule has 1 aliphatic carbocycles. The van der Waals surface area contributed by atoms with Crippen LogP contribution in [0.5, 0.6) is 0 Å². The van der Waals surface area contributed by atoms with Gasteiger partial charge in [0.05, 0.1) is 22.6 Å². The average Bonchev–Trinajstić information content (AvgIpc) is 3.40. The molecule has 1 aliphatic rings. The summed E-state index contributed by atoms with van der Waals surface area (Å²) < 4.78 is 32.8. The maximum Gasteiger partial charge on any atom is 0.258 e. The Morgan fingerprint density at radius 3 is 2.78 bits per heavy atom. The summed E-state index contributed by atoms with van der Waals surface area (Å²) >= 11 is 1.04. The molecule has 0 spiro atoms. The zero-order valence-corrected chi connectivity index (χ0v) is 16.7. The van der Waals surface area contributed by atoms with Crippen LogP contribution >= 0.6 is 11.3 Å². The van der Waals surface area contributed by atoms with Crippen LogP contribution in [0.2, 0.25) is 0 Å². The first kappa shape index (κ1) is 20.1. The first-order chi connectivity index (χ1) is 13.0. The van der Waals surface area contributed by atoms with Crippen molar-refractivity contribution in [3.8, 4) is 0 Å². The zero-order valence-electron chi connectivity index (χ0n) is 15.1. The van der Waals surface area contributed by atoms with E-state index in [0.29, 0.717) is 19.0 Å². The molecule has 1 saturated carbocycles. The van der Waals surface area contributed by atoms with Gasteiger partial charge in [0, 0.05) is 24.5 Å². The molecule has 7 nitrogen and oxygen atoms in total. The molecule has 0 aliphatic heterocycles. The number of hydrogen-bond donors (Lipinski definition) is 2. The number of furan rings is 1. The normalized spacial score (nSPS) is 15.6. The lowest BCUT2D eigenvalue weighted by Gasteiger charge is -2.28. The summed E-state index contributed by atoms with van der Waals surface area (Å²) in [7, 11) is -3.62. The molecule has 1 fully saturated rings. The third kappa shape index (κ3) is 5.41. The summed E-state index contributed by atoms with van der Waals surface area (Å²) in [5.41, 5.74) is 5.18. The summed E-state index contributed by atoms with van der Waals surface area (Å²) in [5.74, 6) is 0.311. The number of sulfonamides is 1. The number of amides is 1. The molecule has 0 aromatic carbocycles. The Morgan fingerprint density at radius 2 is 2.15 bits per heavy atom. The smallest absolute Gasteiger partial charge is 0.258 e. The Bertz CT molecular complexity index is 840. The first-order valence-corrected chi connectivity index (χ1v) is 11.5. The minimum absolute atomic E-state index is 0.0875. The Labute approximate surface area is 163 Å². The Hall–Kier alpha value is -1.68. The largest absolute Gasteiger partial charge is 0.468 e. The van der Waals surface area contributed by atoms with E-state index in [1.165, 1.54) is 37.1 Å². The lowest BCUT2D eigenvalue weighted by Crippen LogP contribution is -2.35. The zero-order chi connectivity index (χ0) is 19.3. The van der Waals surface area contributed by atoms with Crippen LogP contribution in [0.15, 0.2) is 39.2 Å². The lowest BCUT2D eigenvalue weighted by molar-refractivity contribution is 0.100. The van der Waals surface area contributed by atoms with Crippen molar-refractivity contribution in [1.29, 1.82) is 0 Å². The minimum Gasteiger partial charge on any atom is -0.468 e. The number of hydrogen-bond acceptors (Lipinski definition) is 6. The van der Waals surface area contributed by atoms with Crippen LogP contribution < -0.4 is 10.5 Å². The highest BCUT2D eigenvalue weighted by molar-refractivity contribution is 7.89. The molecule has 27 heavy (non-hydrogen) atoms. The number of nitrogens with zero attached hydrogens (tertiary/aromatic N) is 1. The van der Waals surface area contributed by atoms with Gasteiger partial charge in [0.15, 0.2) is 0 Å². The van der Waals surface area contributed by atoms with Gasteiger partial charge < -0.3 is 10.2 Å². The summed E-state index contributed by atoms with van der Waals surface area (Å²) in [6.45, 7) is 1.88. The number of primary amides is 1. The summed E-state index contributed by atoms with van der Waals surface area (Å²) in [5, 5.41) is 1.43. The van der Waals surface area contributed by atoms with Crippen molar-refractivity contribution in [3.63, 3.8) is 0 Å². The third-order valence-corrected chi connectivity index (χ3v) is 7.36. The Morgan fingerprint density at radius 1 is 1.37 bits per heavy atom. The second kappa shape index (κ2) is 9.01. The van der Waals surface area contributed by atoms with E-state index < -0.39 is 15.9 Å². The van der Waals surface area contributed by atoms with Gasteiger partial charge >= 0.3 is 0 Å². The van der Waals surface area contributed by atoms with Gasteiger partial charge in [-0.3, -0.25) is 9.69 Å². The van der Waals surface area contributed by atoms with E-state index in [2.05, 4.69) is 9.62 Å². The number of rotatable bonds is 10. The highest BCUT2D eigenvalue weighted by atomic mass is 32.2. The van der Waals surface area contributed by atoms with Gasteiger partial charge in [0.1, 0.15) is 5.76 Å². The topological polar surface area (TPSA) is 106 Å². The molecule has 0 atom stereocenters. The molecule has 0 unspecified atom stereocenters. The van der Waals surface area contributed by atoms with E-state index in [4.69, 9.17) is 10.2 Å². The Kier molecular flexibility index (Phi) is 6.69. The van der Waals surface area contributed by atoms with Crippen molar-refractivity contribution in [3.05, 3.63) is 40.5 Å². The van der Waals surface area contributed by atoms with Crippen LogP contribution in [0.1, 0.15) is 47.5 Å². The third-order valence-electron chi connectivity index (χ3n) is 4.82. The number of nitrogens with two attached hydrogens (primary N) is 1. The van der Waals surface area contributed by atoms with Gasteiger partial charge in [-0.05, 0) is 37.5 Å². The second-order valence-corrected chi connectivity index (χ2v) is 9.43. The van der Waals surface area contributed by atoms with E-state index in [0.717, 1.165) is 30.2 Å². The van der Waals surface area contributed by atoms with Crippen molar-refractivity contribution in [2.75, 3.05) is 13.1 Å². The molecule has 2 heterocycles. The maximum absolute atomic E-state index is 12.3. The van der Waals surface area contributed by atoms with Crippen LogP contribution in [0.3, 0.4) is 0 Å². The van der Waals surface area contributed by atoms with E-state index >= 15 is 0 Å². The highest BCUT2D eigenvalue weighted by Gasteiger charge is 2.23. The van der Waals surface area contributed by atoms with Crippen molar-refractivity contribution in [2.24, 2.45) is 5.73 Å². The van der Waals surface area contributed by atoms with Gasteiger partial charge in [0.2, 0.25) is 10.0 Å². The van der Waals surface area contributed by atoms with E-state index in [1.807, 2.05) is 12.1 Å². The average molecular weight is 412 g/mol. The van der Waals surface area contributed by atoms with Gasteiger partial charge in [-0.2, -0.15) is 0 Å². The molecule has 148 valence electrons. The van der Waals surface area contributed by atoms with Crippen molar-refractivity contribution >= 4 is 27.3 Å². The summed E-state index contributed by atoms with van der Waals surface area (Å²) in [4.78, 5) is 13.8. The quantitative estimate of drug-likeness (QED) is 0.585. The minimum atomic E-state index is -3.62. The van der Waals surface area contributed by atoms with Crippen LogP contribution in [0, 0.1) is 0 Å². The highest BCUT2D eigenvalue weighted by Crippen LogP contribution is 2.25. The lowest BCUT2D eigenvalue weighted by atomic mass is 10.2. The van der Waals surface area contributed by atoms with E-state index in [-0.39, 0.29) is 9.77 Å². The molecular weight excluding hydrogens is 386 g/mol. The van der Waals surface area contributed by atoms with Gasteiger partial charge in [-0.1, -0.05) is 12.8 Å². The number of thiophene rings is 1. The second-order valence-electron chi connectivity index (χ2n) is 6.75.